The summed E-state index contributed by atoms with van der Waals surface area (Å²) >= 11 is 0. The van der Waals surface area contributed by atoms with E-state index in [0.29, 0.717) is 24.2 Å². The van der Waals surface area contributed by atoms with Crippen LogP contribution in [0.1, 0.15) is 27.2 Å². The Kier molecular flexibility index (Phi) is 4.99. The van der Waals surface area contributed by atoms with E-state index in [0.717, 1.165) is 18.8 Å². The lowest BCUT2D eigenvalue weighted by atomic mass is 10.1. The Morgan fingerprint density at radius 1 is 1.16 bits per heavy atom. The standard InChI is InChI=1S/C19H25N3O2S/c1-4-22(17-8-6-5-7-9-17)25(23,24)18-10-11-19(20-14-18)21-13-12-15(2)16(21)3/h5-11,14-16H,4,12-13H2,1-3H3. The minimum atomic E-state index is -3.62. The molecule has 0 spiro atoms. The van der Waals surface area contributed by atoms with Gasteiger partial charge < -0.3 is 4.90 Å². The zero-order valence-corrected chi connectivity index (χ0v) is 15.8. The van der Waals surface area contributed by atoms with E-state index in [-0.39, 0.29) is 4.90 Å². The number of anilines is 2. The number of para-hydroxylation sites is 1. The molecule has 2 aromatic rings. The molecule has 0 aliphatic carbocycles. The van der Waals surface area contributed by atoms with E-state index >= 15 is 0 Å². The average Bonchev–Trinajstić information content (AvgIpc) is 2.95. The van der Waals surface area contributed by atoms with Crippen molar-refractivity contribution in [2.24, 2.45) is 5.92 Å². The second-order valence-corrected chi connectivity index (χ2v) is 8.42. The van der Waals surface area contributed by atoms with Crippen LogP contribution < -0.4 is 9.21 Å². The fourth-order valence-corrected chi connectivity index (χ4v) is 4.75. The number of hydrogen-bond acceptors (Lipinski definition) is 4. The number of rotatable bonds is 5. The van der Waals surface area contributed by atoms with Crippen LogP contribution >= 0.6 is 0 Å². The summed E-state index contributed by atoms with van der Waals surface area (Å²) < 4.78 is 27.4. The van der Waals surface area contributed by atoms with Crippen molar-refractivity contribution in [1.29, 1.82) is 0 Å². The molecule has 5 nitrogen and oxygen atoms in total. The highest BCUT2D eigenvalue weighted by Crippen LogP contribution is 2.29. The van der Waals surface area contributed by atoms with E-state index in [1.54, 1.807) is 18.2 Å². The van der Waals surface area contributed by atoms with Gasteiger partial charge in [0.15, 0.2) is 0 Å². The summed E-state index contributed by atoms with van der Waals surface area (Å²) in [7, 11) is -3.62. The molecular weight excluding hydrogens is 334 g/mol. The number of hydrogen-bond donors (Lipinski definition) is 0. The van der Waals surface area contributed by atoms with E-state index in [1.807, 2.05) is 31.2 Å². The third kappa shape index (κ3) is 3.35. The highest BCUT2D eigenvalue weighted by atomic mass is 32.2. The van der Waals surface area contributed by atoms with Crippen molar-refractivity contribution >= 4 is 21.5 Å². The third-order valence-electron chi connectivity index (χ3n) is 5.07. The number of benzene rings is 1. The summed E-state index contributed by atoms with van der Waals surface area (Å²) in [6.45, 7) is 7.60. The molecule has 1 aliphatic heterocycles. The van der Waals surface area contributed by atoms with Crippen LogP contribution in [-0.2, 0) is 10.0 Å². The summed E-state index contributed by atoms with van der Waals surface area (Å²) in [5, 5.41) is 0. The minimum absolute atomic E-state index is 0.224. The quantitative estimate of drug-likeness (QED) is 0.819. The molecule has 0 bridgehead atoms. The van der Waals surface area contributed by atoms with E-state index in [4.69, 9.17) is 0 Å². The summed E-state index contributed by atoms with van der Waals surface area (Å²) in [4.78, 5) is 6.91. The lowest BCUT2D eigenvalue weighted by Crippen LogP contribution is -2.31. The molecule has 2 atom stereocenters. The maximum Gasteiger partial charge on any atom is 0.265 e. The lowest BCUT2D eigenvalue weighted by molar-refractivity contribution is 0.544. The Morgan fingerprint density at radius 2 is 1.88 bits per heavy atom. The Balaban J connectivity index is 1.88. The summed E-state index contributed by atoms with van der Waals surface area (Å²) in [6, 6.07) is 13.1. The molecule has 2 unspecified atom stereocenters. The van der Waals surface area contributed by atoms with Crippen LogP contribution in [0.4, 0.5) is 11.5 Å². The Morgan fingerprint density at radius 3 is 2.40 bits per heavy atom. The van der Waals surface area contributed by atoms with Gasteiger partial charge in [-0.25, -0.2) is 13.4 Å². The van der Waals surface area contributed by atoms with Crippen LogP contribution in [0.25, 0.3) is 0 Å². The van der Waals surface area contributed by atoms with Crippen molar-refractivity contribution in [3.63, 3.8) is 0 Å². The van der Waals surface area contributed by atoms with Crippen LogP contribution in [0.5, 0.6) is 0 Å². The van der Waals surface area contributed by atoms with E-state index in [1.165, 1.54) is 10.5 Å². The zero-order chi connectivity index (χ0) is 18.0. The van der Waals surface area contributed by atoms with Crippen molar-refractivity contribution in [2.45, 2.75) is 38.1 Å². The minimum Gasteiger partial charge on any atom is -0.354 e. The van der Waals surface area contributed by atoms with E-state index in [9.17, 15) is 8.42 Å². The fourth-order valence-electron chi connectivity index (χ4n) is 3.33. The molecule has 25 heavy (non-hydrogen) atoms. The molecule has 1 aromatic heterocycles. The first-order valence-electron chi connectivity index (χ1n) is 8.75. The van der Waals surface area contributed by atoms with Gasteiger partial charge in [0, 0.05) is 25.3 Å². The summed E-state index contributed by atoms with van der Waals surface area (Å²) in [5.41, 5.74) is 0.663. The van der Waals surface area contributed by atoms with Gasteiger partial charge in [-0.15, -0.1) is 0 Å². The molecular formula is C19H25N3O2S. The van der Waals surface area contributed by atoms with Gasteiger partial charge in [-0.3, -0.25) is 4.31 Å². The largest absolute Gasteiger partial charge is 0.354 e. The lowest BCUT2D eigenvalue weighted by Gasteiger charge is -2.25. The summed E-state index contributed by atoms with van der Waals surface area (Å²) in [5.74, 6) is 1.47. The van der Waals surface area contributed by atoms with E-state index in [2.05, 4.69) is 23.7 Å². The van der Waals surface area contributed by atoms with Gasteiger partial charge in [0.1, 0.15) is 10.7 Å². The highest BCUT2D eigenvalue weighted by Gasteiger charge is 2.29. The molecule has 134 valence electrons. The van der Waals surface area contributed by atoms with Gasteiger partial charge >= 0.3 is 0 Å². The topological polar surface area (TPSA) is 53.5 Å². The van der Waals surface area contributed by atoms with Crippen LogP contribution in [-0.4, -0.2) is 32.5 Å². The molecule has 6 heteroatoms. The van der Waals surface area contributed by atoms with Gasteiger partial charge in [-0.2, -0.15) is 0 Å². The predicted molar refractivity (Wildman–Crippen MR) is 101 cm³/mol. The summed E-state index contributed by atoms with van der Waals surface area (Å²) in [6.07, 6.45) is 2.62. The first-order chi connectivity index (χ1) is 11.9. The second-order valence-electron chi connectivity index (χ2n) is 6.56. The fraction of sp³-hybridized carbons (Fsp3) is 0.421. The van der Waals surface area contributed by atoms with Crippen molar-refractivity contribution in [3.8, 4) is 0 Å². The number of aromatic nitrogens is 1. The maximum atomic E-state index is 13.0. The van der Waals surface area contributed by atoms with Crippen molar-refractivity contribution in [2.75, 3.05) is 22.3 Å². The molecule has 2 heterocycles. The number of nitrogens with zero attached hydrogens (tertiary/aromatic N) is 3. The highest BCUT2D eigenvalue weighted by molar-refractivity contribution is 7.92. The second kappa shape index (κ2) is 7.04. The third-order valence-corrected chi connectivity index (χ3v) is 6.96. The van der Waals surface area contributed by atoms with Crippen LogP contribution in [0.2, 0.25) is 0 Å². The average molecular weight is 359 g/mol. The number of sulfonamides is 1. The van der Waals surface area contributed by atoms with Gasteiger partial charge in [-0.05, 0) is 50.5 Å². The normalized spacial score (nSPS) is 20.7. The molecule has 3 rings (SSSR count). The van der Waals surface area contributed by atoms with Crippen molar-refractivity contribution in [1.82, 2.24) is 4.98 Å². The molecule has 1 aromatic carbocycles. The zero-order valence-electron chi connectivity index (χ0n) is 15.0. The first kappa shape index (κ1) is 17.7. The van der Waals surface area contributed by atoms with Crippen molar-refractivity contribution < 1.29 is 8.42 Å². The Labute approximate surface area is 150 Å². The molecule has 1 aliphatic rings. The van der Waals surface area contributed by atoms with Crippen LogP contribution in [0.3, 0.4) is 0 Å². The molecule has 0 saturated carbocycles. The molecule has 1 fully saturated rings. The van der Waals surface area contributed by atoms with Gasteiger partial charge in [0.25, 0.3) is 10.0 Å². The Bertz CT molecular complexity index is 806. The SMILES string of the molecule is CCN(c1ccccc1)S(=O)(=O)c1ccc(N2CCC(C)C2C)nc1. The van der Waals surface area contributed by atoms with Gasteiger partial charge in [0.2, 0.25) is 0 Å². The Hall–Kier alpha value is -2.08. The van der Waals surface area contributed by atoms with Crippen molar-refractivity contribution in [3.05, 3.63) is 48.7 Å². The molecule has 1 saturated heterocycles. The molecule has 0 amide bonds. The van der Waals surface area contributed by atoms with Gasteiger partial charge in [0.05, 0.1) is 5.69 Å². The maximum absolute atomic E-state index is 13.0. The predicted octanol–water partition coefficient (Wildman–Crippen LogP) is 3.53. The number of pyridine rings is 1. The molecule has 0 N–H and O–H groups in total. The van der Waals surface area contributed by atoms with E-state index < -0.39 is 10.0 Å². The first-order valence-corrected chi connectivity index (χ1v) is 10.2. The van der Waals surface area contributed by atoms with Crippen LogP contribution in [0.15, 0.2) is 53.6 Å². The molecule has 0 radical (unpaired) electrons. The monoisotopic (exact) mass is 359 g/mol. The smallest absolute Gasteiger partial charge is 0.265 e. The van der Waals surface area contributed by atoms with Crippen LogP contribution in [0, 0.1) is 5.92 Å². The van der Waals surface area contributed by atoms with Gasteiger partial charge in [-0.1, -0.05) is 25.1 Å².